The van der Waals surface area contributed by atoms with Gasteiger partial charge < -0.3 is 14.6 Å². The van der Waals surface area contributed by atoms with Crippen LogP contribution in [0.4, 0.5) is 0 Å². The Labute approximate surface area is 116 Å². The standard InChI is InChI=1S/C14H16N4O2/c19-14(17-11-2-1-7-20-9-11)13-8-12(3-4-16-13)18-6-5-15-10-18/h3-6,8,10-11H,1-2,7,9H2,(H,17,19). The third-order valence-corrected chi connectivity index (χ3v) is 3.27. The first-order chi connectivity index (χ1) is 9.83. The van der Waals surface area contributed by atoms with Gasteiger partial charge in [0.1, 0.15) is 5.69 Å². The molecule has 1 N–H and O–H groups in total. The molecular weight excluding hydrogens is 256 g/mol. The molecular formula is C14H16N4O2. The summed E-state index contributed by atoms with van der Waals surface area (Å²) in [7, 11) is 0. The molecule has 20 heavy (non-hydrogen) atoms. The highest BCUT2D eigenvalue weighted by Gasteiger charge is 2.18. The van der Waals surface area contributed by atoms with E-state index >= 15 is 0 Å². The summed E-state index contributed by atoms with van der Waals surface area (Å²) in [6, 6.07) is 3.66. The van der Waals surface area contributed by atoms with Crippen LogP contribution >= 0.6 is 0 Å². The first-order valence-electron chi connectivity index (χ1n) is 6.66. The van der Waals surface area contributed by atoms with E-state index in [1.807, 2.05) is 16.8 Å². The van der Waals surface area contributed by atoms with Crippen molar-refractivity contribution in [1.82, 2.24) is 19.9 Å². The van der Waals surface area contributed by atoms with Crippen molar-refractivity contribution >= 4 is 5.91 Å². The Balaban J connectivity index is 1.73. The van der Waals surface area contributed by atoms with Crippen molar-refractivity contribution in [3.63, 3.8) is 0 Å². The molecule has 1 amide bonds. The number of amides is 1. The molecule has 0 bridgehead atoms. The summed E-state index contributed by atoms with van der Waals surface area (Å²) < 4.78 is 7.19. The Kier molecular flexibility index (Phi) is 3.73. The summed E-state index contributed by atoms with van der Waals surface area (Å²) >= 11 is 0. The second kappa shape index (κ2) is 5.83. The van der Waals surface area contributed by atoms with Crippen molar-refractivity contribution in [2.75, 3.05) is 13.2 Å². The van der Waals surface area contributed by atoms with Crippen molar-refractivity contribution in [2.45, 2.75) is 18.9 Å². The Bertz CT molecular complexity index is 577. The van der Waals surface area contributed by atoms with Crippen LogP contribution in [0.25, 0.3) is 5.69 Å². The van der Waals surface area contributed by atoms with Gasteiger partial charge in [-0.15, -0.1) is 0 Å². The van der Waals surface area contributed by atoms with Gasteiger partial charge in [0.25, 0.3) is 5.91 Å². The molecule has 0 spiro atoms. The van der Waals surface area contributed by atoms with Gasteiger partial charge in [-0.3, -0.25) is 9.78 Å². The van der Waals surface area contributed by atoms with Gasteiger partial charge in [-0.1, -0.05) is 0 Å². The quantitative estimate of drug-likeness (QED) is 0.911. The fourth-order valence-electron chi connectivity index (χ4n) is 2.23. The third-order valence-electron chi connectivity index (χ3n) is 3.27. The predicted octanol–water partition coefficient (Wildman–Crippen LogP) is 1.18. The van der Waals surface area contributed by atoms with Crippen LogP contribution in [0, 0.1) is 0 Å². The van der Waals surface area contributed by atoms with Crippen LogP contribution in [0.15, 0.2) is 37.1 Å². The summed E-state index contributed by atoms with van der Waals surface area (Å²) in [5.74, 6) is -0.164. The number of nitrogens with zero attached hydrogens (tertiary/aromatic N) is 3. The molecule has 1 unspecified atom stereocenters. The zero-order chi connectivity index (χ0) is 13.8. The second-order valence-electron chi connectivity index (χ2n) is 4.76. The SMILES string of the molecule is O=C(NC1CCCOC1)c1cc(-n2ccnc2)ccn1. The van der Waals surface area contributed by atoms with E-state index in [4.69, 9.17) is 4.74 Å². The highest BCUT2D eigenvalue weighted by molar-refractivity contribution is 5.92. The number of aromatic nitrogens is 3. The van der Waals surface area contributed by atoms with Gasteiger partial charge in [-0.05, 0) is 25.0 Å². The van der Waals surface area contributed by atoms with Crippen molar-refractivity contribution in [2.24, 2.45) is 0 Å². The van der Waals surface area contributed by atoms with E-state index in [0.29, 0.717) is 12.3 Å². The van der Waals surface area contributed by atoms with Crippen molar-refractivity contribution in [3.8, 4) is 5.69 Å². The molecule has 104 valence electrons. The van der Waals surface area contributed by atoms with Gasteiger partial charge >= 0.3 is 0 Å². The van der Waals surface area contributed by atoms with Crippen molar-refractivity contribution in [3.05, 3.63) is 42.7 Å². The van der Waals surface area contributed by atoms with Gasteiger partial charge in [-0.2, -0.15) is 0 Å². The Hall–Kier alpha value is -2.21. The zero-order valence-corrected chi connectivity index (χ0v) is 11.0. The lowest BCUT2D eigenvalue weighted by molar-refractivity contribution is 0.0622. The zero-order valence-electron chi connectivity index (χ0n) is 11.0. The van der Waals surface area contributed by atoms with Gasteiger partial charge in [0.15, 0.2) is 0 Å². The van der Waals surface area contributed by atoms with Crippen LogP contribution in [-0.4, -0.2) is 39.7 Å². The second-order valence-corrected chi connectivity index (χ2v) is 4.76. The number of carbonyl (C=O) groups is 1. The van der Waals surface area contributed by atoms with Gasteiger partial charge in [-0.25, -0.2) is 4.98 Å². The molecule has 1 saturated heterocycles. The summed E-state index contributed by atoms with van der Waals surface area (Å²) in [4.78, 5) is 20.3. The van der Waals surface area contributed by atoms with Crippen LogP contribution in [0.5, 0.6) is 0 Å². The molecule has 2 aromatic rings. The summed E-state index contributed by atoms with van der Waals surface area (Å²) in [5.41, 5.74) is 1.27. The number of hydrogen-bond acceptors (Lipinski definition) is 4. The monoisotopic (exact) mass is 272 g/mol. The van der Waals surface area contributed by atoms with Crippen molar-refractivity contribution < 1.29 is 9.53 Å². The number of pyridine rings is 1. The number of carbonyl (C=O) groups excluding carboxylic acids is 1. The maximum absolute atomic E-state index is 12.2. The Morgan fingerprint density at radius 1 is 1.45 bits per heavy atom. The predicted molar refractivity (Wildman–Crippen MR) is 72.7 cm³/mol. The molecule has 1 aliphatic heterocycles. The number of ether oxygens (including phenoxy) is 1. The summed E-state index contributed by atoms with van der Waals surface area (Å²) in [6.07, 6.45) is 8.76. The fourth-order valence-corrected chi connectivity index (χ4v) is 2.23. The maximum atomic E-state index is 12.2. The van der Waals surface area contributed by atoms with Gasteiger partial charge in [0.2, 0.25) is 0 Å². The molecule has 1 atom stereocenters. The van der Waals surface area contributed by atoms with Crippen LogP contribution < -0.4 is 5.32 Å². The number of nitrogens with one attached hydrogen (secondary N) is 1. The minimum absolute atomic E-state index is 0.0787. The molecule has 6 nitrogen and oxygen atoms in total. The molecule has 3 rings (SSSR count). The van der Waals surface area contributed by atoms with Crippen LogP contribution in [0.1, 0.15) is 23.3 Å². The molecule has 0 radical (unpaired) electrons. The maximum Gasteiger partial charge on any atom is 0.270 e. The third kappa shape index (κ3) is 2.85. The molecule has 0 aliphatic carbocycles. The molecule has 6 heteroatoms. The fraction of sp³-hybridized carbons (Fsp3) is 0.357. The molecule has 1 fully saturated rings. The smallest absolute Gasteiger partial charge is 0.270 e. The van der Waals surface area contributed by atoms with E-state index in [2.05, 4.69) is 15.3 Å². The lowest BCUT2D eigenvalue weighted by atomic mass is 10.1. The average molecular weight is 272 g/mol. The number of rotatable bonds is 3. The lowest BCUT2D eigenvalue weighted by Crippen LogP contribution is -2.40. The molecule has 0 aromatic carbocycles. The van der Waals surface area contributed by atoms with E-state index in [0.717, 1.165) is 25.1 Å². The minimum atomic E-state index is -0.164. The van der Waals surface area contributed by atoms with Crippen molar-refractivity contribution in [1.29, 1.82) is 0 Å². The number of hydrogen-bond donors (Lipinski definition) is 1. The normalized spacial score (nSPS) is 18.7. The van der Waals surface area contributed by atoms with E-state index in [9.17, 15) is 4.79 Å². The first-order valence-corrected chi connectivity index (χ1v) is 6.66. The largest absolute Gasteiger partial charge is 0.379 e. The Morgan fingerprint density at radius 3 is 3.15 bits per heavy atom. The average Bonchev–Trinajstić information content (AvgIpc) is 3.03. The van der Waals surface area contributed by atoms with E-state index in [1.165, 1.54) is 0 Å². The highest BCUT2D eigenvalue weighted by Crippen LogP contribution is 2.10. The van der Waals surface area contributed by atoms with E-state index < -0.39 is 0 Å². The van der Waals surface area contributed by atoms with Gasteiger partial charge in [0, 0.05) is 25.2 Å². The van der Waals surface area contributed by atoms with E-state index in [-0.39, 0.29) is 11.9 Å². The Morgan fingerprint density at radius 2 is 2.40 bits per heavy atom. The molecule has 1 aliphatic rings. The molecule has 3 heterocycles. The lowest BCUT2D eigenvalue weighted by Gasteiger charge is -2.22. The topological polar surface area (TPSA) is 69.0 Å². The van der Waals surface area contributed by atoms with Crippen LogP contribution in [0.3, 0.4) is 0 Å². The number of imidazole rings is 1. The summed E-state index contributed by atoms with van der Waals surface area (Å²) in [6.45, 7) is 1.35. The minimum Gasteiger partial charge on any atom is -0.379 e. The van der Waals surface area contributed by atoms with Crippen LogP contribution in [-0.2, 0) is 4.74 Å². The van der Waals surface area contributed by atoms with Gasteiger partial charge in [0.05, 0.1) is 24.7 Å². The summed E-state index contributed by atoms with van der Waals surface area (Å²) in [5, 5.41) is 2.96. The molecule has 0 saturated carbocycles. The molecule has 2 aromatic heterocycles. The van der Waals surface area contributed by atoms with E-state index in [1.54, 1.807) is 24.8 Å². The highest BCUT2D eigenvalue weighted by atomic mass is 16.5. The first kappa shape index (κ1) is 12.8. The van der Waals surface area contributed by atoms with Crippen LogP contribution in [0.2, 0.25) is 0 Å².